The summed E-state index contributed by atoms with van der Waals surface area (Å²) >= 11 is 0. The van der Waals surface area contributed by atoms with Gasteiger partial charge in [-0.1, -0.05) is 30.3 Å². The molecule has 0 fully saturated rings. The van der Waals surface area contributed by atoms with E-state index in [9.17, 15) is 14.0 Å². The number of hydrogen-bond acceptors (Lipinski definition) is 3. The van der Waals surface area contributed by atoms with Crippen molar-refractivity contribution >= 4 is 17.5 Å². The highest BCUT2D eigenvalue weighted by molar-refractivity contribution is 6.09. The Bertz CT molecular complexity index is 957. The zero-order valence-corrected chi connectivity index (χ0v) is 15.2. The number of nitrogens with two attached hydrogens (primary N) is 1. The van der Waals surface area contributed by atoms with Crippen LogP contribution in [0.5, 0.6) is 5.75 Å². The van der Waals surface area contributed by atoms with Crippen molar-refractivity contribution in [3.63, 3.8) is 0 Å². The molecule has 0 aliphatic rings. The second kappa shape index (κ2) is 8.35. The molecule has 0 aliphatic carbocycles. The first kappa shape index (κ1) is 19.1. The molecular weight excluding hydrogens is 359 g/mol. The van der Waals surface area contributed by atoms with Crippen LogP contribution >= 0.6 is 0 Å². The molecule has 0 bridgehead atoms. The summed E-state index contributed by atoms with van der Waals surface area (Å²) in [6.45, 7) is 0. The van der Waals surface area contributed by atoms with Crippen molar-refractivity contribution in [2.75, 3.05) is 12.0 Å². The number of anilines is 1. The van der Waals surface area contributed by atoms with Crippen LogP contribution in [0.25, 0.3) is 0 Å². The number of rotatable bonds is 6. The zero-order valence-electron chi connectivity index (χ0n) is 15.2. The Balaban J connectivity index is 2.11. The summed E-state index contributed by atoms with van der Waals surface area (Å²) in [4.78, 5) is 27.0. The SMILES string of the molecule is COc1ccc(C(C(N)=O)N(C(=O)c2ccc(F)cc2)c2ccccc2)cc1. The number of ether oxygens (including phenoxy) is 1. The number of primary amides is 1. The molecule has 0 radical (unpaired) electrons. The highest BCUT2D eigenvalue weighted by atomic mass is 19.1. The van der Waals surface area contributed by atoms with Gasteiger partial charge in [-0.25, -0.2) is 4.39 Å². The molecule has 2 amide bonds. The molecule has 3 aromatic carbocycles. The number of carbonyl (C=O) groups is 2. The molecule has 0 saturated carbocycles. The maximum absolute atomic E-state index is 13.3. The van der Waals surface area contributed by atoms with Gasteiger partial charge >= 0.3 is 0 Å². The van der Waals surface area contributed by atoms with E-state index < -0.39 is 23.7 Å². The lowest BCUT2D eigenvalue weighted by atomic mass is 10.0. The average Bonchev–Trinajstić information content (AvgIpc) is 2.72. The number of hydrogen-bond donors (Lipinski definition) is 1. The maximum atomic E-state index is 13.3. The minimum absolute atomic E-state index is 0.241. The van der Waals surface area contributed by atoms with Crippen molar-refractivity contribution in [3.8, 4) is 5.75 Å². The third-order valence-electron chi connectivity index (χ3n) is 4.30. The third kappa shape index (κ3) is 4.01. The average molecular weight is 378 g/mol. The van der Waals surface area contributed by atoms with E-state index in [1.807, 2.05) is 0 Å². The van der Waals surface area contributed by atoms with Crippen LogP contribution in [0, 0.1) is 5.82 Å². The second-order valence-corrected chi connectivity index (χ2v) is 6.10. The van der Waals surface area contributed by atoms with Crippen molar-refractivity contribution in [3.05, 3.63) is 95.8 Å². The van der Waals surface area contributed by atoms with Gasteiger partial charge in [0.15, 0.2) is 0 Å². The minimum Gasteiger partial charge on any atom is -0.497 e. The van der Waals surface area contributed by atoms with Crippen molar-refractivity contribution in [1.29, 1.82) is 0 Å². The van der Waals surface area contributed by atoms with Crippen molar-refractivity contribution in [2.24, 2.45) is 5.73 Å². The summed E-state index contributed by atoms with van der Waals surface area (Å²) in [5.41, 5.74) is 6.97. The first-order chi connectivity index (χ1) is 13.5. The van der Waals surface area contributed by atoms with Crippen LogP contribution in [0.4, 0.5) is 10.1 Å². The van der Waals surface area contributed by atoms with Crippen molar-refractivity contribution < 1.29 is 18.7 Å². The lowest BCUT2D eigenvalue weighted by Gasteiger charge is -2.30. The molecule has 3 rings (SSSR count). The van der Waals surface area contributed by atoms with E-state index in [1.54, 1.807) is 54.6 Å². The molecule has 0 aliphatic heterocycles. The molecule has 6 heteroatoms. The van der Waals surface area contributed by atoms with E-state index in [4.69, 9.17) is 10.5 Å². The lowest BCUT2D eigenvalue weighted by molar-refractivity contribution is -0.119. The van der Waals surface area contributed by atoms with Crippen molar-refractivity contribution in [1.82, 2.24) is 0 Å². The Labute approximate surface area is 162 Å². The van der Waals surface area contributed by atoms with Gasteiger partial charge < -0.3 is 10.5 Å². The van der Waals surface area contributed by atoms with E-state index >= 15 is 0 Å². The predicted molar refractivity (Wildman–Crippen MR) is 105 cm³/mol. The summed E-state index contributed by atoms with van der Waals surface area (Å²) in [7, 11) is 1.54. The molecule has 142 valence electrons. The largest absolute Gasteiger partial charge is 0.497 e. The molecule has 0 spiro atoms. The number of carbonyl (C=O) groups excluding carboxylic acids is 2. The molecule has 0 aromatic heterocycles. The molecule has 0 heterocycles. The van der Waals surface area contributed by atoms with Gasteiger partial charge in [0.25, 0.3) is 5.91 Å². The number of halogens is 1. The molecule has 28 heavy (non-hydrogen) atoms. The minimum atomic E-state index is -1.05. The van der Waals surface area contributed by atoms with Crippen LogP contribution in [0.1, 0.15) is 22.0 Å². The summed E-state index contributed by atoms with van der Waals surface area (Å²) < 4.78 is 18.4. The van der Waals surface area contributed by atoms with Gasteiger partial charge in [-0.2, -0.15) is 0 Å². The van der Waals surface area contributed by atoms with Gasteiger partial charge in [-0.3, -0.25) is 14.5 Å². The molecule has 3 aromatic rings. The predicted octanol–water partition coefficient (Wildman–Crippen LogP) is 3.71. The van der Waals surface area contributed by atoms with Crippen LogP contribution in [0.2, 0.25) is 0 Å². The van der Waals surface area contributed by atoms with Gasteiger partial charge in [0.2, 0.25) is 5.91 Å². The summed E-state index contributed by atoms with van der Waals surface area (Å²) in [5, 5.41) is 0. The number of amides is 2. The van der Waals surface area contributed by atoms with E-state index in [0.29, 0.717) is 17.0 Å². The number of para-hydroxylation sites is 1. The van der Waals surface area contributed by atoms with Crippen LogP contribution in [0.3, 0.4) is 0 Å². The fourth-order valence-electron chi connectivity index (χ4n) is 2.93. The van der Waals surface area contributed by atoms with Crippen LogP contribution in [0.15, 0.2) is 78.9 Å². The number of nitrogens with zero attached hydrogens (tertiary/aromatic N) is 1. The quantitative estimate of drug-likeness (QED) is 0.711. The van der Waals surface area contributed by atoms with E-state index in [1.165, 1.54) is 36.3 Å². The highest BCUT2D eigenvalue weighted by Gasteiger charge is 2.32. The molecular formula is C22H19FN2O3. The van der Waals surface area contributed by atoms with Gasteiger partial charge in [0.1, 0.15) is 17.6 Å². The molecule has 1 unspecified atom stereocenters. The second-order valence-electron chi connectivity index (χ2n) is 6.10. The van der Waals surface area contributed by atoms with E-state index in [2.05, 4.69) is 0 Å². The summed E-state index contributed by atoms with van der Waals surface area (Å²) in [5.74, 6) is -0.997. The van der Waals surface area contributed by atoms with Crippen LogP contribution in [-0.4, -0.2) is 18.9 Å². The van der Waals surface area contributed by atoms with Gasteiger partial charge in [-0.15, -0.1) is 0 Å². The van der Waals surface area contributed by atoms with Crippen LogP contribution in [-0.2, 0) is 4.79 Å². The molecule has 0 saturated heterocycles. The zero-order chi connectivity index (χ0) is 20.1. The fourth-order valence-corrected chi connectivity index (χ4v) is 2.93. The fraction of sp³-hybridized carbons (Fsp3) is 0.0909. The van der Waals surface area contributed by atoms with Gasteiger partial charge in [-0.05, 0) is 54.1 Å². The summed E-state index contributed by atoms with van der Waals surface area (Å²) in [6.07, 6.45) is 0. The molecule has 5 nitrogen and oxygen atoms in total. The molecule has 2 N–H and O–H groups in total. The topological polar surface area (TPSA) is 72.6 Å². The lowest BCUT2D eigenvalue weighted by Crippen LogP contribution is -2.42. The molecule has 1 atom stereocenters. The van der Waals surface area contributed by atoms with E-state index in [-0.39, 0.29) is 5.56 Å². The van der Waals surface area contributed by atoms with Crippen molar-refractivity contribution in [2.45, 2.75) is 6.04 Å². The monoisotopic (exact) mass is 378 g/mol. The first-order valence-electron chi connectivity index (χ1n) is 8.58. The Kier molecular flexibility index (Phi) is 5.69. The maximum Gasteiger partial charge on any atom is 0.259 e. The first-order valence-corrected chi connectivity index (χ1v) is 8.58. The van der Waals surface area contributed by atoms with Gasteiger partial charge in [0, 0.05) is 11.3 Å². The van der Waals surface area contributed by atoms with Gasteiger partial charge in [0.05, 0.1) is 7.11 Å². The standard InChI is InChI=1S/C22H19FN2O3/c1-28-19-13-9-15(10-14-19)20(21(24)26)25(18-5-3-2-4-6-18)22(27)16-7-11-17(23)12-8-16/h2-14,20H,1H3,(H2,24,26). The summed E-state index contributed by atoms with van der Waals surface area (Å²) in [6, 6.07) is 19.6. The smallest absolute Gasteiger partial charge is 0.259 e. The Morgan fingerprint density at radius 1 is 0.929 bits per heavy atom. The Morgan fingerprint density at radius 3 is 2.07 bits per heavy atom. The van der Waals surface area contributed by atoms with E-state index in [0.717, 1.165) is 0 Å². The number of methoxy groups -OCH3 is 1. The Morgan fingerprint density at radius 2 is 1.54 bits per heavy atom. The number of benzene rings is 3. The third-order valence-corrected chi connectivity index (χ3v) is 4.30. The highest BCUT2D eigenvalue weighted by Crippen LogP contribution is 2.30. The Hall–Kier alpha value is -3.67. The van der Waals surface area contributed by atoms with Crippen LogP contribution < -0.4 is 15.4 Å². The normalized spacial score (nSPS) is 11.5.